The third-order valence-corrected chi connectivity index (χ3v) is 5.70. The van der Waals surface area contributed by atoms with Crippen molar-refractivity contribution in [2.24, 2.45) is 0 Å². The monoisotopic (exact) mass is 351 g/mol. The Hall–Kier alpha value is -2.43. The van der Waals surface area contributed by atoms with Crippen LogP contribution in [0.4, 0.5) is 0 Å². The van der Waals surface area contributed by atoms with Crippen LogP contribution < -0.4 is 4.74 Å². The van der Waals surface area contributed by atoms with Crippen LogP contribution in [-0.4, -0.2) is 41.0 Å². The maximum atomic E-state index is 13.3. The van der Waals surface area contributed by atoms with E-state index < -0.39 is 0 Å². The molecule has 0 bridgehead atoms. The molecule has 26 heavy (non-hydrogen) atoms. The number of methoxy groups -OCH3 is 1. The first kappa shape index (κ1) is 17.0. The van der Waals surface area contributed by atoms with Gasteiger partial charge in [0.1, 0.15) is 5.75 Å². The third-order valence-electron chi connectivity index (χ3n) is 5.70. The van der Waals surface area contributed by atoms with Crippen molar-refractivity contribution in [2.45, 2.75) is 43.9 Å². The zero-order valence-electron chi connectivity index (χ0n) is 15.4. The van der Waals surface area contributed by atoms with Gasteiger partial charge in [-0.15, -0.1) is 0 Å². The molecule has 1 atom stereocenters. The van der Waals surface area contributed by atoms with Gasteiger partial charge in [-0.25, -0.2) is 0 Å². The number of likely N-dealkylation sites (tertiary alicyclic amines) is 1. The van der Waals surface area contributed by atoms with Crippen LogP contribution in [0.3, 0.4) is 0 Å². The average molecular weight is 351 g/mol. The smallest absolute Gasteiger partial charge is 0.233 e. The number of amides is 1. The zero-order valence-corrected chi connectivity index (χ0v) is 15.4. The molecule has 1 aromatic carbocycles. The molecule has 1 saturated carbocycles. The molecule has 2 aliphatic rings. The highest BCUT2D eigenvalue weighted by Gasteiger charge is 2.53. The summed E-state index contributed by atoms with van der Waals surface area (Å²) in [4.78, 5) is 24.3. The predicted octanol–water partition coefficient (Wildman–Crippen LogP) is 3.23. The minimum absolute atomic E-state index is 0.271. The van der Waals surface area contributed by atoms with Crippen LogP contribution in [0.25, 0.3) is 0 Å². The molecule has 1 amide bonds. The topological polar surface area (TPSA) is 55.3 Å². The lowest BCUT2D eigenvalue weighted by atomic mass is 9.90. The van der Waals surface area contributed by atoms with Gasteiger partial charge in [0.2, 0.25) is 5.91 Å². The number of carbonyl (C=O) groups excluding carboxylic acids is 1. The molecule has 1 aliphatic heterocycles. The molecule has 2 heterocycles. The standard InChI is InChI=1S/C21H25N3O2/c1-15-12-22-13-19(23-15)16-4-3-11-24(14-16)20(25)21(9-10-21)17-5-7-18(26-2)8-6-17/h5-8,12-13,16H,3-4,9-11,14H2,1-2H3/t16-/m0/s1. The Bertz CT molecular complexity index is 799. The van der Waals surface area contributed by atoms with E-state index in [0.29, 0.717) is 0 Å². The highest BCUT2D eigenvalue weighted by molar-refractivity contribution is 5.91. The molecule has 0 unspecified atom stereocenters. The summed E-state index contributed by atoms with van der Waals surface area (Å²) in [5.74, 6) is 1.38. The van der Waals surface area contributed by atoms with Crippen LogP contribution in [0, 0.1) is 6.92 Å². The maximum absolute atomic E-state index is 13.3. The molecule has 1 saturated heterocycles. The van der Waals surface area contributed by atoms with Gasteiger partial charge in [-0.3, -0.25) is 14.8 Å². The lowest BCUT2D eigenvalue weighted by molar-refractivity contribution is -0.135. The van der Waals surface area contributed by atoms with Crippen molar-refractivity contribution in [1.82, 2.24) is 14.9 Å². The number of hydrogen-bond donors (Lipinski definition) is 0. The van der Waals surface area contributed by atoms with E-state index in [1.165, 1.54) is 0 Å². The summed E-state index contributed by atoms with van der Waals surface area (Å²) in [6.07, 6.45) is 7.58. The summed E-state index contributed by atoms with van der Waals surface area (Å²) >= 11 is 0. The number of carbonyl (C=O) groups is 1. The number of nitrogens with zero attached hydrogens (tertiary/aromatic N) is 3. The summed E-state index contributed by atoms with van der Waals surface area (Å²) in [5.41, 5.74) is 2.73. The van der Waals surface area contributed by atoms with Crippen LogP contribution in [-0.2, 0) is 10.2 Å². The Balaban J connectivity index is 1.52. The molecular weight excluding hydrogens is 326 g/mol. The van der Waals surface area contributed by atoms with Crippen LogP contribution >= 0.6 is 0 Å². The van der Waals surface area contributed by atoms with Crippen LogP contribution in [0.5, 0.6) is 5.75 Å². The van der Waals surface area contributed by atoms with E-state index in [9.17, 15) is 4.79 Å². The normalized spacial score (nSPS) is 21.3. The second-order valence-electron chi connectivity index (χ2n) is 7.49. The van der Waals surface area contributed by atoms with Crippen LogP contribution in [0.15, 0.2) is 36.7 Å². The Morgan fingerprint density at radius 2 is 2.00 bits per heavy atom. The molecule has 0 N–H and O–H groups in total. The van der Waals surface area contributed by atoms with Gasteiger partial charge in [0.15, 0.2) is 0 Å². The van der Waals surface area contributed by atoms with Crippen molar-refractivity contribution in [3.63, 3.8) is 0 Å². The van der Waals surface area contributed by atoms with E-state index in [4.69, 9.17) is 4.74 Å². The number of aryl methyl sites for hydroxylation is 1. The van der Waals surface area contributed by atoms with E-state index in [2.05, 4.69) is 14.9 Å². The fourth-order valence-electron chi connectivity index (χ4n) is 4.05. The number of piperidine rings is 1. The maximum Gasteiger partial charge on any atom is 0.233 e. The lowest BCUT2D eigenvalue weighted by Crippen LogP contribution is -2.44. The largest absolute Gasteiger partial charge is 0.497 e. The van der Waals surface area contributed by atoms with Gasteiger partial charge in [0.05, 0.1) is 23.9 Å². The van der Waals surface area contributed by atoms with Gasteiger partial charge in [-0.05, 0) is 50.3 Å². The fourth-order valence-corrected chi connectivity index (χ4v) is 4.05. The number of aromatic nitrogens is 2. The first-order valence-electron chi connectivity index (χ1n) is 9.35. The molecule has 0 radical (unpaired) electrons. The van der Waals surface area contributed by atoms with Crippen molar-refractivity contribution in [2.75, 3.05) is 20.2 Å². The molecule has 1 aromatic heterocycles. The van der Waals surface area contributed by atoms with Gasteiger partial charge < -0.3 is 9.64 Å². The molecule has 4 rings (SSSR count). The van der Waals surface area contributed by atoms with E-state index >= 15 is 0 Å². The van der Waals surface area contributed by atoms with Crippen molar-refractivity contribution in [3.8, 4) is 5.75 Å². The molecule has 2 aromatic rings. The van der Waals surface area contributed by atoms with Gasteiger partial charge in [0, 0.05) is 31.4 Å². The third kappa shape index (κ3) is 3.06. The van der Waals surface area contributed by atoms with Crippen LogP contribution in [0.1, 0.15) is 48.6 Å². The van der Waals surface area contributed by atoms with Crippen molar-refractivity contribution in [3.05, 3.63) is 53.6 Å². The SMILES string of the molecule is COc1ccc(C2(C(=O)N3CCC[C@H](c4cncc(C)n4)C3)CC2)cc1. The minimum Gasteiger partial charge on any atom is -0.497 e. The minimum atomic E-state index is -0.327. The van der Waals surface area contributed by atoms with Crippen molar-refractivity contribution < 1.29 is 9.53 Å². The van der Waals surface area contributed by atoms with Crippen molar-refractivity contribution >= 4 is 5.91 Å². The lowest BCUT2D eigenvalue weighted by Gasteiger charge is -2.35. The first-order valence-corrected chi connectivity index (χ1v) is 9.35. The van der Waals surface area contributed by atoms with Gasteiger partial charge >= 0.3 is 0 Å². The molecular formula is C21H25N3O2. The van der Waals surface area contributed by atoms with Gasteiger partial charge in [-0.2, -0.15) is 0 Å². The van der Waals surface area contributed by atoms with Gasteiger partial charge in [-0.1, -0.05) is 12.1 Å². The summed E-state index contributed by atoms with van der Waals surface area (Å²) in [6.45, 7) is 3.55. The summed E-state index contributed by atoms with van der Waals surface area (Å²) in [5, 5.41) is 0. The van der Waals surface area contributed by atoms with Crippen molar-refractivity contribution in [1.29, 1.82) is 0 Å². The highest BCUT2D eigenvalue weighted by atomic mass is 16.5. The number of hydrogen-bond acceptors (Lipinski definition) is 4. The molecule has 5 heteroatoms. The molecule has 5 nitrogen and oxygen atoms in total. The highest BCUT2D eigenvalue weighted by Crippen LogP contribution is 2.50. The van der Waals surface area contributed by atoms with E-state index in [-0.39, 0.29) is 17.2 Å². The fraction of sp³-hybridized carbons (Fsp3) is 0.476. The molecule has 1 aliphatic carbocycles. The Kier molecular flexibility index (Phi) is 4.39. The van der Waals surface area contributed by atoms with Crippen LogP contribution in [0.2, 0.25) is 0 Å². The quantitative estimate of drug-likeness (QED) is 0.849. The van der Waals surface area contributed by atoms with E-state index in [0.717, 1.165) is 61.5 Å². The van der Waals surface area contributed by atoms with E-state index in [1.54, 1.807) is 13.3 Å². The van der Waals surface area contributed by atoms with E-state index in [1.807, 2.05) is 37.4 Å². The summed E-state index contributed by atoms with van der Waals surface area (Å²) in [6, 6.07) is 7.97. The summed E-state index contributed by atoms with van der Waals surface area (Å²) < 4.78 is 5.24. The first-order chi connectivity index (χ1) is 12.6. The number of benzene rings is 1. The molecule has 0 spiro atoms. The molecule has 136 valence electrons. The Labute approximate surface area is 154 Å². The van der Waals surface area contributed by atoms with Gasteiger partial charge in [0.25, 0.3) is 0 Å². The summed E-state index contributed by atoms with van der Waals surface area (Å²) in [7, 11) is 1.66. The predicted molar refractivity (Wildman–Crippen MR) is 99.2 cm³/mol. The second kappa shape index (κ2) is 6.71. The Morgan fingerprint density at radius 3 is 2.65 bits per heavy atom. The Morgan fingerprint density at radius 1 is 1.23 bits per heavy atom. The second-order valence-corrected chi connectivity index (χ2v) is 7.49. The number of ether oxygens (including phenoxy) is 1. The average Bonchev–Trinajstić information content (AvgIpc) is 3.49. The molecule has 2 fully saturated rings. The number of rotatable bonds is 4. The zero-order chi connectivity index (χ0) is 18.1.